The first-order valence-electron chi connectivity index (χ1n) is 7.12. The Morgan fingerprint density at radius 2 is 1.90 bits per heavy atom. The van der Waals surface area contributed by atoms with Gasteiger partial charge in [0.25, 0.3) is 5.95 Å². The van der Waals surface area contributed by atoms with Gasteiger partial charge in [-0.25, -0.2) is 4.68 Å². The molecule has 114 valence electrons. The summed E-state index contributed by atoms with van der Waals surface area (Å²) in [5.74, 6) is 0.923. The van der Waals surface area contributed by atoms with Gasteiger partial charge in [0.05, 0.1) is 11.8 Å². The fourth-order valence-electron chi connectivity index (χ4n) is 2.20. The van der Waals surface area contributed by atoms with E-state index in [-0.39, 0.29) is 6.10 Å². The smallest absolute Gasteiger partial charge is 0.323 e. The van der Waals surface area contributed by atoms with Crippen LogP contribution >= 0.6 is 0 Å². The zero-order valence-electron chi connectivity index (χ0n) is 13.4. The van der Waals surface area contributed by atoms with Gasteiger partial charge >= 0.3 is 6.01 Å². The van der Waals surface area contributed by atoms with Gasteiger partial charge in [0.2, 0.25) is 5.95 Å². The van der Waals surface area contributed by atoms with E-state index in [9.17, 15) is 0 Å². The monoisotopic (exact) mass is 290 g/mol. The minimum Gasteiger partial charge on any atom is -0.461 e. The highest BCUT2D eigenvalue weighted by Gasteiger charge is 2.16. The van der Waals surface area contributed by atoms with E-state index in [1.54, 1.807) is 11.7 Å². The zero-order valence-corrected chi connectivity index (χ0v) is 13.4. The van der Waals surface area contributed by atoms with Crippen LogP contribution in [0.15, 0.2) is 0 Å². The van der Waals surface area contributed by atoms with E-state index in [4.69, 9.17) is 4.74 Å². The van der Waals surface area contributed by atoms with E-state index in [1.807, 2.05) is 27.7 Å². The second kappa shape index (κ2) is 6.07. The third-order valence-electron chi connectivity index (χ3n) is 3.15. The van der Waals surface area contributed by atoms with E-state index in [1.165, 1.54) is 5.56 Å². The van der Waals surface area contributed by atoms with Gasteiger partial charge in [-0.3, -0.25) is 0 Å². The van der Waals surface area contributed by atoms with Crippen molar-refractivity contribution in [3.05, 3.63) is 17.0 Å². The molecule has 0 unspecified atom stereocenters. The maximum Gasteiger partial charge on any atom is 0.323 e. The molecule has 0 radical (unpaired) electrons. The Balaban J connectivity index is 2.52. The van der Waals surface area contributed by atoms with Gasteiger partial charge in [-0.15, -0.1) is 0 Å². The van der Waals surface area contributed by atoms with Crippen LogP contribution in [0.1, 0.15) is 37.7 Å². The third kappa shape index (κ3) is 3.12. The molecule has 2 heterocycles. The van der Waals surface area contributed by atoms with Gasteiger partial charge < -0.3 is 10.1 Å². The van der Waals surface area contributed by atoms with Crippen molar-refractivity contribution >= 4 is 5.95 Å². The predicted octanol–water partition coefficient (Wildman–Crippen LogP) is 2.07. The molecule has 0 spiro atoms. The lowest BCUT2D eigenvalue weighted by Gasteiger charge is -2.10. The first-order valence-corrected chi connectivity index (χ1v) is 7.12. The number of ether oxygens (including phenoxy) is 1. The van der Waals surface area contributed by atoms with Crippen LogP contribution in [0.25, 0.3) is 5.95 Å². The van der Waals surface area contributed by atoms with Crippen molar-refractivity contribution in [2.45, 2.75) is 47.1 Å². The number of nitrogens with zero attached hydrogens (tertiary/aromatic N) is 5. The molecule has 7 nitrogen and oxygen atoms in total. The van der Waals surface area contributed by atoms with Gasteiger partial charge in [-0.1, -0.05) is 6.92 Å². The van der Waals surface area contributed by atoms with Gasteiger partial charge in [0.1, 0.15) is 0 Å². The quantitative estimate of drug-likeness (QED) is 0.908. The molecule has 0 saturated heterocycles. The summed E-state index contributed by atoms with van der Waals surface area (Å²) in [6, 6.07) is 0.296. The molecule has 0 aliphatic rings. The second-order valence-corrected chi connectivity index (χ2v) is 5.07. The SMILES string of the molecule is CCc1c(C)nn(-c2nc(NC)nc(OC(C)C)n2)c1C. The molecule has 0 atom stereocenters. The minimum absolute atomic E-state index is 0.00314. The van der Waals surface area contributed by atoms with Crippen molar-refractivity contribution in [1.29, 1.82) is 0 Å². The summed E-state index contributed by atoms with van der Waals surface area (Å²) in [7, 11) is 1.76. The molecule has 0 saturated carbocycles. The molecule has 2 aromatic rings. The highest BCUT2D eigenvalue weighted by Crippen LogP contribution is 2.18. The fraction of sp³-hybridized carbons (Fsp3) is 0.571. The van der Waals surface area contributed by atoms with Crippen LogP contribution < -0.4 is 10.1 Å². The molecular formula is C14H22N6O. The summed E-state index contributed by atoms with van der Waals surface area (Å²) >= 11 is 0. The summed E-state index contributed by atoms with van der Waals surface area (Å²) in [5.41, 5.74) is 3.25. The number of hydrogen-bond donors (Lipinski definition) is 1. The Kier molecular flexibility index (Phi) is 4.40. The highest BCUT2D eigenvalue weighted by atomic mass is 16.5. The minimum atomic E-state index is -0.00314. The van der Waals surface area contributed by atoms with Crippen molar-refractivity contribution in [1.82, 2.24) is 24.7 Å². The van der Waals surface area contributed by atoms with E-state index in [0.717, 1.165) is 17.8 Å². The Morgan fingerprint density at radius 1 is 1.19 bits per heavy atom. The van der Waals surface area contributed by atoms with Crippen LogP contribution in [0.2, 0.25) is 0 Å². The van der Waals surface area contributed by atoms with E-state index >= 15 is 0 Å². The average Bonchev–Trinajstić information content (AvgIpc) is 2.72. The Morgan fingerprint density at radius 3 is 2.43 bits per heavy atom. The van der Waals surface area contributed by atoms with Crippen molar-refractivity contribution < 1.29 is 4.74 Å². The zero-order chi connectivity index (χ0) is 15.6. The molecule has 1 N–H and O–H groups in total. The summed E-state index contributed by atoms with van der Waals surface area (Å²) in [6.45, 7) is 9.99. The van der Waals surface area contributed by atoms with E-state index < -0.39 is 0 Å². The van der Waals surface area contributed by atoms with Crippen molar-refractivity contribution in [2.75, 3.05) is 12.4 Å². The maximum atomic E-state index is 5.58. The molecule has 2 rings (SSSR count). The molecule has 0 fully saturated rings. The Hall–Kier alpha value is -2.18. The molecular weight excluding hydrogens is 268 g/mol. The lowest BCUT2D eigenvalue weighted by atomic mass is 10.1. The first kappa shape index (κ1) is 15.2. The van der Waals surface area contributed by atoms with Crippen molar-refractivity contribution in [3.63, 3.8) is 0 Å². The van der Waals surface area contributed by atoms with Crippen LogP contribution in [0.3, 0.4) is 0 Å². The van der Waals surface area contributed by atoms with Crippen LogP contribution in [-0.4, -0.2) is 37.9 Å². The molecule has 2 aromatic heterocycles. The summed E-state index contributed by atoms with van der Waals surface area (Å²) in [5, 5.41) is 7.45. The van der Waals surface area contributed by atoms with E-state index in [0.29, 0.717) is 17.9 Å². The van der Waals surface area contributed by atoms with Crippen LogP contribution in [0.5, 0.6) is 6.01 Å². The summed E-state index contributed by atoms with van der Waals surface area (Å²) in [4.78, 5) is 12.9. The third-order valence-corrected chi connectivity index (χ3v) is 3.15. The second-order valence-electron chi connectivity index (χ2n) is 5.07. The Bertz CT molecular complexity index is 635. The van der Waals surface area contributed by atoms with E-state index in [2.05, 4.69) is 32.3 Å². The fourth-order valence-corrected chi connectivity index (χ4v) is 2.20. The molecule has 0 aliphatic heterocycles. The summed E-state index contributed by atoms with van der Waals surface area (Å²) < 4.78 is 7.32. The van der Waals surface area contributed by atoms with Crippen molar-refractivity contribution in [3.8, 4) is 12.0 Å². The number of aryl methyl sites for hydroxylation is 1. The first-order chi connectivity index (χ1) is 9.96. The number of hydrogen-bond acceptors (Lipinski definition) is 6. The topological polar surface area (TPSA) is 77.8 Å². The number of rotatable bonds is 5. The number of nitrogens with one attached hydrogen (secondary N) is 1. The van der Waals surface area contributed by atoms with Crippen LogP contribution in [0, 0.1) is 13.8 Å². The normalized spacial score (nSPS) is 11.0. The van der Waals surface area contributed by atoms with Gasteiger partial charge in [0, 0.05) is 12.7 Å². The molecule has 0 bridgehead atoms. The standard InChI is InChI=1S/C14H22N6O/c1-7-11-9(4)19-20(10(11)5)13-16-12(15-6)17-14(18-13)21-8(2)3/h8H,7H2,1-6H3,(H,15,16,17,18). The maximum absolute atomic E-state index is 5.58. The van der Waals surface area contributed by atoms with Crippen LogP contribution in [0.4, 0.5) is 5.95 Å². The van der Waals surface area contributed by atoms with Crippen LogP contribution in [-0.2, 0) is 6.42 Å². The lowest BCUT2D eigenvalue weighted by Crippen LogP contribution is -2.14. The lowest BCUT2D eigenvalue weighted by molar-refractivity contribution is 0.221. The predicted molar refractivity (Wildman–Crippen MR) is 81.1 cm³/mol. The van der Waals surface area contributed by atoms with Gasteiger partial charge in [0.15, 0.2) is 0 Å². The number of aromatic nitrogens is 5. The highest BCUT2D eigenvalue weighted by molar-refractivity contribution is 5.33. The molecule has 21 heavy (non-hydrogen) atoms. The average molecular weight is 290 g/mol. The molecule has 0 amide bonds. The Labute approximate surface area is 124 Å². The molecule has 7 heteroatoms. The number of anilines is 1. The largest absolute Gasteiger partial charge is 0.461 e. The van der Waals surface area contributed by atoms with Gasteiger partial charge in [-0.2, -0.15) is 20.1 Å². The van der Waals surface area contributed by atoms with Gasteiger partial charge in [-0.05, 0) is 39.7 Å². The molecule has 0 aliphatic carbocycles. The van der Waals surface area contributed by atoms with Crippen molar-refractivity contribution in [2.24, 2.45) is 0 Å². The molecule has 0 aromatic carbocycles. The summed E-state index contributed by atoms with van der Waals surface area (Å²) in [6.07, 6.45) is 0.924.